The van der Waals surface area contributed by atoms with Crippen molar-refractivity contribution < 1.29 is 23.1 Å². The lowest BCUT2D eigenvalue weighted by atomic mass is 10.0. The molecule has 2 aromatic rings. The number of carboxylic acids is 1. The molecule has 0 saturated heterocycles. The van der Waals surface area contributed by atoms with E-state index in [0.29, 0.717) is 15.6 Å². The fourth-order valence-electron chi connectivity index (χ4n) is 2.20. The van der Waals surface area contributed by atoms with E-state index in [1.165, 1.54) is 6.07 Å². The van der Waals surface area contributed by atoms with Gasteiger partial charge < -0.3 is 15.8 Å². The molecule has 0 atom stereocenters. The zero-order valence-electron chi connectivity index (χ0n) is 13.6. The summed E-state index contributed by atoms with van der Waals surface area (Å²) in [6.07, 6.45) is -2.84. The van der Waals surface area contributed by atoms with Crippen LogP contribution in [0.25, 0.3) is 0 Å². The monoisotopic (exact) mass is 416 g/mol. The number of carbonyl (C=O) groups is 1. The molecule has 0 heterocycles. The Labute approximate surface area is 162 Å². The largest absolute Gasteiger partial charge is 0.478 e. The molecule has 4 nitrogen and oxygen atoms in total. The number of benzene rings is 2. The number of nitrogens with one attached hydrogen (secondary N) is 2. The summed E-state index contributed by atoms with van der Waals surface area (Å²) in [6, 6.07) is 7.53. The minimum atomic E-state index is -4.56. The molecule has 0 amide bonds. The SMILES string of the molecule is N=C(/C=C/C(=O)O)c1ccc(C(F)(F)F)cc1NCc1ccc(Cl)cc1Cl. The first-order valence-corrected chi connectivity index (χ1v) is 8.22. The van der Waals surface area contributed by atoms with E-state index in [1.54, 1.807) is 12.1 Å². The van der Waals surface area contributed by atoms with Gasteiger partial charge in [-0.2, -0.15) is 13.2 Å². The predicted molar refractivity (Wildman–Crippen MR) is 98.8 cm³/mol. The number of rotatable bonds is 6. The Hall–Kier alpha value is -2.51. The van der Waals surface area contributed by atoms with Crippen LogP contribution < -0.4 is 5.32 Å². The van der Waals surface area contributed by atoms with Gasteiger partial charge in [-0.1, -0.05) is 35.3 Å². The Morgan fingerprint density at radius 1 is 1.15 bits per heavy atom. The maximum atomic E-state index is 13.0. The number of aliphatic carboxylic acids is 1. The molecule has 0 unspecified atom stereocenters. The zero-order valence-corrected chi connectivity index (χ0v) is 15.1. The minimum Gasteiger partial charge on any atom is -0.478 e. The van der Waals surface area contributed by atoms with Crippen LogP contribution in [-0.2, 0) is 17.5 Å². The molecule has 0 aliphatic heterocycles. The Bertz CT molecular complexity index is 912. The highest BCUT2D eigenvalue weighted by atomic mass is 35.5. The maximum absolute atomic E-state index is 13.0. The molecular weight excluding hydrogens is 404 g/mol. The van der Waals surface area contributed by atoms with Crippen molar-refractivity contribution in [3.05, 3.63) is 75.3 Å². The number of anilines is 1. The average molecular weight is 417 g/mol. The predicted octanol–water partition coefficient (Wildman–Crippen LogP) is 5.63. The van der Waals surface area contributed by atoms with Gasteiger partial charge in [-0.25, -0.2) is 4.79 Å². The van der Waals surface area contributed by atoms with Gasteiger partial charge in [-0.15, -0.1) is 0 Å². The van der Waals surface area contributed by atoms with Crippen LogP contribution in [0.15, 0.2) is 48.6 Å². The van der Waals surface area contributed by atoms with E-state index in [2.05, 4.69) is 5.32 Å². The molecule has 0 aliphatic rings. The lowest BCUT2D eigenvalue weighted by Crippen LogP contribution is -2.11. The molecule has 0 fully saturated rings. The van der Waals surface area contributed by atoms with Gasteiger partial charge in [0, 0.05) is 33.9 Å². The fraction of sp³-hybridized carbons (Fsp3) is 0.111. The number of hydrogen-bond acceptors (Lipinski definition) is 3. The van der Waals surface area contributed by atoms with Gasteiger partial charge in [0.15, 0.2) is 0 Å². The molecule has 27 heavy (non-hydrogen) atoms. The first kappa shape index (κ1) is 20.8. The van der Waals surface area contributed by atoms with Crippen molar-refractivity contribution in [3.63, 3.8) is 0 Å². The molecule has 0 radical (unpaired) electrons. The molecule has 0 aromatic heterocycles. The van der Waals surface area contributed by atoms with Crippen LogP contribution in [0.5, 0.6) is 0 Å². The Balaban J connectivity index is 2.37. The van der Waals surface area contributed by atoms with E-state index in [1.807, 2.05) is 0 Å². The van der Waals surface area contributed by atoms with Crippen LogP contribution in [0.3, 0.4) is 0 Å². The van der Waals surface area contributed by atoms with Crippen molar-refractivity contribution in [1.82, 2.24) is 0 Å². The quantitative estimate of drug-likeness (QED) is 0.421. The molecule has 9 heteroatoms. The van der Waals surface area contributed by atoms with Crippen molar-refractivity contribution in [2.75, 3.05) is 5.32 Å². The molecule has 2 rings (SSSR count). The van der Waals surface area contributed by atoms with E-state index in [-0.39, 0.29) is 23.5 Å². The topological polar surface area (TPSA) is 73.2 Å². The number of halogens is 5. The van der Waals surface area contributed by atoms with E-state index in [4.69, 9.17) is 33.7 Å². The molecule has 142 valence electrons. The summed E-state index contributed by atoms with van der Waals surface area (Å²) in [5.74, 6) is -1.27. The van der Waals surface area contributed by atoms with E-state index in [0.717, 1.165) is 30.4 Å². The smallest absolute Gasteiger partial charge is 0.416 e. The lowest BCUT2D eigenvalue weighted by molar-refractivity contribution is -0.137. The Kier molecular flexibility index (Phi) is 6.51. The number of carboxylic acid groups (broad SMARTS) is 1. The van der Waals surface area contributed by atoms with Gasteiger partial charge in [0.1, 0.15) is 0 Å². The molecule has 2 aromatic carbocycles. The van der Waals surface area contributed by atoms with Gasteiger partial charge in [0.05, 0.1) is 11.3 Å². The molecular formula is C18H13Cl2F3N2O2. The van der Waals surface area contributed by atoms with Crippen molar-refractivity contribution in [2.24, 2.45) is 0 Å². The fourth-order valence-corrected chi connectivity index (χ4v) is 2.68. The third-order valence-corrected chi connectivity index (χ3v) is 4.10. The van der Waals surface area contributed by atoms with E-state index < -0.39 is 17.7 Å². The van der Waals surface area contributed by atoms with Crippen molar-refractivity contribution in [2.45, 2.75) is 12.7 Å². The Morgan fingerprint density at radius 2 is 1.85 bits per heavy atom. The van der Waals surface area contributed by atoms with Crippen molar-refractivity contribution in [3.8, 4) is 0 Å². The van der Waals surface area contributed by atoms with Gasteiger partial charge in [-0.05, 0) is 35.9 Å². The normalized spacial score (nSPS) is 11.6. The highest BCUT2D eigenvalue weighted by molar-refractivity contribution is 6.35. The second-order valence-corrected chi connectivity index (χ2v) is 6.28. The standard InChI is InChI=1S/C18H13Cl2F3N2O2/c19-12-3-1-10(14(20)8-12)9-25-16-7-11(18(21,22)23)2-4-13(16)15(24)5-6-17(26)27/h1-8,24-25H,9H2,(H,26,27)/b6-5+,24-15?. The van der Waals surface area contributed by atoms with Crippen LogP contribution in [0, 0.1) is 5.41 Å². The molecule has 0 bridgehead atoms. The summed E-state index contributed by atoms with van der Waals surface area (Å²) in [6.45, 7) is 0.0836. The first-order valence-electron chi connectivity index (χ1n) is 7.47. The highest BCUT2D eigenvalue weighted by Gasteiger charge is 2.31. The van der Waals surface area contributed by atoms with Crippen molar-refractivity contribution >= 4 is 40.6 Å². The summed E-state index contributed by atoms with van der Waals surface area (Å²) in [4.78, 5) is 10.6. The lowest BCUT2D eigenvalue weighted by Gasteiger charge is -2.15. The maximum Gasteiger partial charge on any atom is 0.416 e. The van der Waals surface area contributed by atoms with Gasteiger partial charge in [0.25, 0.3) is 0 Å². The molecule has 0 aliphatic carbocycles. The minimum absolute atomic E-state index is 0.0240. The summed E-state index contributed by atoms with van der Waals surface area (Å²) in [7, 11) is 0. The number of alkyl halides is 3. The average Bonchev–Trinajstić information content (AvgIpc) is 2.58. The summed E-state index contributed by atoms with van der Waals surface area (Å²) >= 11 is 11.9. The summed E-state index contributed by atoms with van der Waals surface area (Å²) < 4.78 is 39.1. The molecule has 3 N–H and O–H groups in total. The van der Waals surface area contributed by atoms with Crippen LogP contribution >= 0.6 is 23.2 Å². The zero-order chi connectivity index (χ0) is 20.2. The summed E-state index contributed by atoms with van der Waals surface area (Å²) in [5, 5.41) is 20.2. The van der Waals surface area contributed by atoms with Crippen LogP contribution in [0.2, 0.25) is 10.0 Å². The van der Waals surface area contributed by atoms with Crippen LogP contribution in [0.1, 0.15) is 16.7 Å². The van der Waals surface area contributed by atoms with Crippen LogP contribution in [-0.4, -0.2) is 16.8 Å². The van der Waals surface area contributed by atoms with Crippen LogP contribution in [0.4, 0.5) is 18.9 Å². The third kappa shape index (κ3) is 5.74. The van der Waals surface area contributed by atoms with E-state index >= 15 is 0 Å². The number of hydrogen-bond donors (Lipinski definition) is 3. The third-order valence-electron chi connectivity index (χ3n) is 3.51. The van der Waals surface area contributed by atoms with Gasteiger partial charge in [-0.3, -0.25) is 0 Å². The van der Waals surface area contributed by atoms with Crippen molar-refractivity contribution in [1.29, 1.82) is 5.41 Å². The van der Waals surface area contributed by atoms with E-state index in [9.17, 15) is 18.0 Å². The Morgan fingerprint density at radius 3 is 2.44 bits per heavy atom. The molecule has 0 saturated carbocycles. The second kappa shape index (κ2) is 8.45. The van der Waals surface area contributed by atoms with Gasteiger partial charge >= 0.3 is 12.1 Å². The molecule has 0 spiro atoms. The van der Waals surface area contributed by atoms with Gasteiger partial charge in [0.2, 0.25) is 0 Å². The second-order valence-electron chi connectivity index (χ2n) is 5.43. The highest BCUT2D eigenvalue weighted by Crippen LogP contribution is 2.33. The summed E-state index contributed by atoms with van der Waals surface area (Å²) in [5.41, 5.74) is -0.416. The number of allylic oxidation sites excluding steroid dienone is 1. The first-order chi connectivity index (χ1) is 12.6.